The predicted octanol–water partition coefficient (Wildman–Crippen LogP) is 4.68. The Morgan fingerprint density at radius 3 is 2.77 bits per heavy atom. The molecule has 0 aliphatic heterocycles. The van der Waals surface area contributed by atoms with E-state index in [-0.39, 0.29) is 29.1 Å². The van der Waals surface area contributed by atoms with Crippen LogP contribution in [0, 0.1) is 5.82 Å². The number of ether oxygens (including phenoxy) is 1. The maximum Gasteiger partial charge on any atom is 0.231 e. The number of benzene rings is 2. The van der Waals surface area contributed by atoms with Crippen LogP contribution >= 0.6 is 23.6 Å². The van der Waals surface area contributed by atoms with Crippen LogP contribution in [0.4, 0.5) is 10.1 Å². The third-order valence-corrected chi connectivity index (χ3v) is 5.11. The van der Waals surface area contributed by atoms with E-state index in [0.717, 1.165) is 10.4 Å². The third-order valence-electron chi connectivity index (χ3n) is 4.08. The maximum absolute atomic E-state index is 14.5. The van der Waals surface area contributed by atoms with Crippen LogP contribution in [0.1, 0.15) is 5.56 Å². The van der Waals surface area contributed by atoms with E-state index < -0.39 is 5.82 Å². The van der Waals surface area contributed by atoms with Gasteiger partial charge in [0.25, 0.3) is 0 Å². The molecule has 0 radical (unpaired) electrons. The normalized spacial score (nSPS) is 10.6. The highest BCUT2D eigenvalue weighted by Gasteiger charge is 2.12. The van der Waals surface area contributed by atoms with Crippen molar-refractivity contribution < 1.29 is 13.9 Å². The molecule has 0 saturated heterocycles. The molecule has 0 aliphatic carbocycles. The Kier molecular flexibility index (Phi) is 5.92. The molecule has 6 nitrogen and oxygen atoms in total. The molecule has 4 aromatic rings. The quantitative estimate of drug-likeness (QED) is 0.441. The molecule has 0 fully saturated rings. The van der Waals surface area contributed by atoms with Gasteiger partial charge in [0, 0.05) is 11.8 Å². The topological polar surface area (TPSA) is 76.1 Å². The molecule has 0 spiro atoms. The van der Waals surface area contributed by atoms with Crippen molar-refractivity contribution in [2.75, 3.05) is 5.32 Å². The summed E-state index contributed by atoms with van der Waals surface area (Å²) >= 11 is 6.59. The molecule has 1 amide bonds. The number of thiophene rings is 1. The van der Waals surface area contributed by atoms with Crippen LogP contribution in [-0.2, 0) is 11.2 Å². The average Bonchev–Trinajstić information content (AvgIpc) is 3.20. The molecule has 30 heavy (non-hydrogen) atoms. The summed E-state index contributed by atoms with van der Waals surface area (Å²) in [7, 11) is 0. The van der Waals surface area contributed by atoms with Gasteiger partial charge in [-0.25, -0.2) is 14.4 Å². The van der Waals surface area contributed by atoms with Crippen molar-refractivity contribution in [1.29, 1.82) is 0 Å². The molecule has 2 heterocycles. The molecule has 0 atom stereocenters. The number of fused-ring (bicyclic) bond motifs is 1. The monoisotopic (exact) mass is 438 g/mol. The number of carbonyl (C=O) groups is 1. The fourth-order valence-electron chi connectivity index (χ4n) is 2.73. The summed E-state index contributed by atoms with van der Waals surface area (Å²) in [4.78, 5) is 21.1. The summed E-state index contributed by atoms with van der Waals surface area (Å²) < 4.78 is 20.1. The lowest BCUT2D eigenvalue weighted by Crippen LogP contribution is -2.35. The van der Waals surface area contributed by atoms with Crippen molar-refractivity contribution in [3.8, 4) is 11.6 Å². The average molecular weight is 439 g/mol. The van der Waals surface area contributed by atoms with Gasteiger partial charge in [0.05, 0.1) is 11.8 Å². The Bertz CT molecular complexity index is 1210. The zero-order chi connectivity index (χ0) is 20.9. The van der Waals surface area contributed by atoms with E-state index in [9.17, 15) is 9.18 Å². The Hall–Kier alpha value is -3.43. The summed E-state index contributed by atoms with van der Waals surface area (Å²) in [6.45, 7) is 0. The highest BCUT2D eigenvalue weighted by atomic mass is 32.1. The third kappa shape index (κ3) is 4.76. The van der Waals surface area contributed by atoms with Crippen LogP contribution in [0.15, 0.2) is 66.3 Å². The van der Waals surface area contributed by atoms with Gasteiger partial charge >= 0.3 is 0 Å². The lowest BCUT2D eigenvalue weighted by atomic mass is 10.1. The number of hydrogen-bond acceptors (Lipinski definition) is 6. The van der Waals surface area contributed by atoms with Gasteiger partial charge in [0.1, 0.15) is 11.2 Å². The number of nitrogens with zero attached hydrogens (tertiary/aromatic N) is 2. The Balaban J connectivity index is 1.39. The van der Waals surface area contributed by atoms with Crippen molar-refractivity contribution in [3.05, 3.63) is 77.7 Å². The predicted molar refractivity (Wildman–Crippen MR) is 118 cm³/mol. The number of carbonyl (C=O) groups excluding carboxylic acids is 1. The zero-order valence-corrected chi connectivity index (χ0v) is 17.1. The minimum Gasteiger partial charge on any atom is -0.435 e. The SMILES string of the molecule is O=C(Cc1ccccc1)NC(=S)Nc1ccc(Oc2ncnc3sccc23)c(F)c1. The van der Waals surface area contributed by atoms with Gasteiger partial charge in [-0.05, 0) is 41.4 Å². The lowest BCUT2D eigenvalue weighted by molar-refractivity contribution is -0.119. The maximum atomic E-state index is 14.5. The number of nitrogens with one attached hydrogen (secondary N) is 2. The molecule has 2 N–H and O–H groups in total. The molecule has 0 aliphatic rings. The van der Waals surface area contributed by atoms with Gasteiger partial charge in [0.15, 0.2) is 16.7 Å². The van der Waals surface area contributed by atoms with Gasteiger partial charge in [-0.3, -0.25) is 4.79 Å². The molecular weight excluding hydrogens is 423 g/mol. The molecule has 9 heteroatoms. The first-order valence-electron chi connectivity index (χ1n) is 8.89. The molecule has 2 aromatic carbocycles. The van der Waals surface area contributed by atoms with Crippen LogP contribution in [0.2, 0.25) is 0 Å². The Morgan fingerprint density at radius 2 is 1.97 bits per heavy atom. The van der Waals surface area contributed by atoms with E-state index in [2.05, 4.69) is 20.6 Å². The lowest BCUT2D eigenvalue weighted by Gasteiger charge is -2.11. The van der Waals surface area contributed by atoms with Gasteiger partial charge in [-0.15, -0.1) is 11.3 Å². The molecule has 0 saturated carbocycles. The Labute approximate surface area is 180 Å². The van der Waals surface area contributed by atoms with E-state index in [4.69, 9.17) is 17.0 Å². The molecule has 2 aromatic heterocycles. The highest BCUT2D eigenvalue weighted by Crippen LogP contribution is 2.31. The number of rotatable bonds is 5. The van der Waals surface area contributed by atoms with Crippen molar-refractivity contribution in [2.24, 2.45) is 0 Å². The Morgan fingerprint density at radius 1 is 1.13 bits per heavy atom. The summed E-state index contributed by atoms with van der Waals surface area (Å²) in [5, 5.41) is 8.04. The number of amides is 1. The fraction of sp³-hybridized carbons (Fsp3) is 0.0476. The standard InChI is InChI=1S/C21H15FN4O2S2/c22-16-11-14(25-21(29)26-18(27)10-13-4-2-1-3-5-13)6-7-17(16)28-19-15-8-9-30-20(15)24-12-23-19/h1-9,11-12H,10H2,(H2,25,26,27,29). The summed E-state index contributed by atoms with van der Waals surface area (Å²) in [6, 6.07) is 15.4. The summed E-state index contributed by atoms with van der Waals surface area (Å²) in [5.41, 5.74) is 1.25. The smallest absolute Gasteiger partial charge is 0.231 e. The largest absolute Gasteiger partial charge is 0.435 e. The van der Waals surface area contributed by atoms with Crippen LogP contribution in [0.25, 0.3) is 10.2 Å². The highest BCUT2D eigenvalue weighted by molar-refractivity contribution is 7.80. The van der Waals surface area contributed by atoms with Gasteiger partial charge in [0.2, 0.25) is 11.8 Å². The summed E-state index contributed by atoms with van der Waals surface area (Å²) in [6.07, 6.45) is 1.57. The van der Waals surface area contributed by atoms with E-state index in [1.165, 1.54) is 29.8 Å². The molecule has 150 valence electrons. The van der Waals surface area contributed by atoms with Crippen LogP contribution < -0.4 is 15.4 Å². The minimum absolute atomic E-state index is 0.0192. The summed E-state index contributed by atoms with van der Waals surface area (Å²) in [5.74, 6) is -0.557. The van der Waals surface area contributed by atoms with Gasteiger partial charge < -0.3 is 15.4 Å². The molecule has 0 unspecified atom stereocenters. The van der Waals surface area contributed by atoms with Crippen molar-refractivity contribution in [1.82, 2.24) is 15.3 Å². The van der Waals surface area contributed by atoms with Crippen LogP contribution in [-0.4, -0.2) is 21.0 Å². The van der Waals surface area contributed by atoms with Crippen molar-refractivity contribution >= 4 is 50.5 Å². The van der Waals surface area contributed by atoms with Crippen LogP contribution in [0.5, 0.6) is 11.6 Å². The van der Waals surface area contributed by atoms with E-state index >= 15 is 0 Å². The second-order valence-corrected chi connectivity index (χ2v) is 7.53. The minimum atomic E-state index is -0.597. The first kappa shape index (κ1) is 19.9. The number of thiocarbonyl (C=S) groups is 1. The van der Waals surface area contributed by atoms with E-state index in [0.29, 0.717) is 11.1 Å². The van der Waals surface area contributed by atoms with Gasteiger partial charge in [-0.1, -0.05) is 30.3 Å². The van der Waals surface area contributed by atoms with Crippen LogP contribution in [0.3, 0.4) is 0 Å². The van der Waals surface area contributed by atoms with Gasteiger partial charge in [-0.2, -0.15) is 0 Å². The number of hydrogen-bond donors (Lipinski definition) is 2. The second-order valence-electron chi connectivity index (χ2n) is 6.23. The fourth-order valence-corrected chi connectivity index (χ4v) is 3.68. The molecule has 4 rings (SSSR count). The number of halogens is 1. The number of aromatic nitrogens is 2. The first-order chi connectivity index (χ1) is 14.6. The first-order valence-corrected chi connectivity index (χ1v) is 10.2. The van der Waals surface area contributed by atoms with Crippen molar-refractivity contribution in [3.63, 3.8) is 0 Å². The zero-order valence-electron chi connectivity index (χ0n) is 15.5. The number of anilines is 1. The van der Waals surface area contributed by atoms with E-state index in [1.54, 1.807) is 6.07 Å². The van der Waals surface area contributed by atoms with Crippen molar-refractivity contribution in [2.45, 2.75) is 6.42 Å². The second kappa shape index (κ2) is 8.93. The molecular formula is C21H15FN4O2S2. The molecule has 0 bridgehead atoms. The van der Waals surface area contributed by atoms with E-state index in [1.807, 2.05) is 41.8 Å².